The van der Waals surface area contributed by atoms with Crippen molar-refractivity contribution < 1.29 is 14.6 Å². The summed E-state index contributed by atoms with van der Waals surface area (Å²) in [6.07, 6.45) is 3.00. The molecule has 1 atom stereocenters. The number of fused-ring (bicyclic) bond motifs is 2. The molecule has 4 rings (SSSR count). The molecule has 0 saturated carbocycles. The van der Waals surface area contributed by atoms with Gasteiger partial charge in [0.1, 0.15) is 6.54 Å². The minimum atomic E-state index is 0.0227. The van der Waals surface area contributed by atoms with Crippen LogP contribution in [0.15, 0.2) is 42.6 Å². The first kappa shape index (κ1) is 21.2. The van der Waals surface area contributed by atoms with Crippen LogP contribution in [-0.4, -0.2) is 40.2 Å². The van der Waals surface area contributed by atoms with Gasteiger partial charge in [-0.1, -0.05) is 18.2 Å². The third kappa shape index (κ3) is 4.26. The second kappa shape index (κ2) is 8.63. The molecular weight excluding hydrogens is 390 g/mol. The highest BCUT2D eigenvalue weighted by molar-refractivity contribution is 5.86. The van der Waals surface area contributed by atoms with Crippen molar-refractivity contribution in [1.82, 2.24) is 14.8 Å². The zero-order valence-electron chi connectivity index (χ0n) is 18.7. The summed E-state index contributed by atoms with van der Waals surface area (Å²) in [6.45, 7) is 8.16. The first-order valence-electron chi connectivity index (χ1n) is 10.9. The molecule has 1 aliphatic rings. The summed E-state index contributed by atoms with van der Waals surface area (Å²) in [4.78, 5) is 14.8. The number of rotatable bonds is 6. The van der Waals surface area contributed by atoms with Gasteiger partial charge in [-0.05, 0) is 62.1 Å². The molecule has 1 aliphatic heterocycles. The standard InChI is InChI=1S/C25H31N3O3/c1-16(2)26-25(30)15-28-14-19(20-7-5-6-8-22(20)28)13-27-10-9-18-11-23(29)24(31-4)12-21(18)17(27)3/h5-8,11-12,14,16-17,29H,9-10,13,15H2,1-4H3,(H,26,30). The summed E-state index contributed by atoms with van der Waals surface area (Å²) in [5.74, 6) is 0.735. The van der Waals surface area contributed by atoms with Gasteiger partial charge >= 0.3 is 0 Å². The average Bonchev–Trinajstić information content (AvgIpc) is 3.06. The largest absolute Gasteiger partial charge is 0.504 e. The van der Waals surface area contributed by atoms with Crippen molar-refractivity contribution in [3.8, 4) is 11.5 Å². The van der Waals surface area contributed by atoms with Gasteiger partial charge in [-0.15, -0.1) is 0 Å². The second-order valence-electron chi connectivity index (χ2n) is 8.64. The Kier molecular flexibility index (Phi) is 5.92. The SMILES string of the molecule is COc1cc2c(cc1O)CCN(Cc1cn(CC(=O)NC(C)C)c3ccccc13)C2C. The maximum Gasteiger partial charge on any atom is 0.240 e. The molecule has 0 spiro atoms. The summed E-state index contributed by atoms with van der Waals surface area (Å²) in [5.41, 5.74) is 4.66. The molecule has 6 nitrogen and oxygen atoms in total. The summed E-state index contributed by atoms with van der Waals surface area (Å²) in [6, 6.07) is 12.4. The second-order valence-corrected chi connectivity index (χ2v) is 8.64. The number of hydrogen-bond donors (Lipinski definition) is 2. The van der Waals surface area contributed by atoms with Gasteiger partial charge in [-0.25, -0.2) is 0 Å². The average molecular weight is 422 g/mol. The lowest BCUT2D eigenvalue weighted by Crippen LogP contribution is -2.33. The Hall–Kier alpha value is -2.99. The Balaban J connectivity index is 1.61. The highest BCUT2D eigenvalue weighted by Gasteiger charge is 2.26. The van der Waals surface area contributed by atoms with E-state index in [9.17, 15) is 9.90 Å². The van der Waals surface area contributed by atoms with Crippen molar-refractivity contribution in [3.05, 3.63) is 59.3 Å². The van der Waals surface area contributed by atoms with E-state index in [1.807, 2.05) is 42.7 Å². The first-order chi connectivity index (χ1) is 14.9. The smallest absolute Gasteiger partial charge is 0.240 e. The van der Waals surface area contributed by atoms with Crippen LogP contribution in [0.2, 0.25) is 0 Å². The molecule has 2 aromatic carbocycles. The number of hydrogen-bond acceptors (Lipinski definition) is 4. The van der Waals surface area contributed by atoms with Gasteiger partial charge in [0.15, 0.2) is 11.5 Å². The fourth-order valence-electron chi connectivity index (χ4n) is 4.59. The van der Waals surface area contributed by atoms with E-state index in [-0.39, 0.29) is 23.7 Å². The molecule has 164 valence electrons. The van der Waals surface area contributed by atoms with Crippen LogP contribution in [0.5, 0.6) is 11.5 Å². The molecule has 0 radical (unpaired) electrons. The number of aromatic nitrogens is 1. The quantitative estimate of drug-likeness (QED) is 0.631. The highest BCUT2D eigenvalue weighted by atomic mass is 16.5. The number of carbonyl (C=O) groups excluding carboxylic acids is 1. The van der Waals surface area contributed by atoms with Crippen molar-refractivity contribution in [3.63, 3.8) is 0 Å². The molecule has 0 aliphatic carbocycles. The number of phenols is 1. The summed E-state index contributed by atoms with van der Waals surface area (Å²) in [7, 11) is 1.58. The summed E-state index contributed by atoms with van der Waals surface area (Å²) >= 11 is 0. The number of methoxy groups -OCH3 is 1. The summed E-state index contributed by atoms with van der Waals surface area (Å²) < 4.78 is 7.38. The van der Waals surface area contributed by atoms with Crippen LogP contribution in [0.3, 0.4) is 0 Å². The van der Waals surface area contributed by atoms with Crippen molar-refractivity contribution >= 4 is 16.8 Å². The Labute approximate surface area is 183 Å². The number of carbonyl (C=O) groups is 1. The van der Waals surface area contributed by atoms with E-state index in [1.165, 1.54) is 22.1 Å². The van der Waals surface area contributed by atoms with Crippen molar-refractivity contribution in [1.29, 1.82) is 0 Å². The molecule has 3 aromatic rings. The highest BCUT2D eigenvalue weighted by Crippen LogP contribution is 2.38. The number of para-hydroxylation sites is 1. The van der Waals surface area contributed by atoms with Gasteiger partial charge in [0.25, 0.3) is 0 Å². The topological polar surface area (TPSA) is 66.7 Å². The molecule has 2 N–H and O–H groups in total. The van der Waals surface area contributed by atoms with Gasteiger partial charge < -0.3 is 19.7 Å². The van der Waals surface area contributed by atoms with E-state index in [1.54, 1.807) is 7.11 Å². The molecule has 31 heavy (non-hydrogen) atoms. The Bertz CT molecular complexity index is 1100. The number of aromatic hydroxyl groups is 1. The van der Waals surface area contributed by atoms with Crippen molar-refractivity contribution in [2.45, 2.75) is 52.4 Å². The lowest BCUT2D eigenvalue weighted by atomic mass is 9.92. The number of benzene rings is 2. The molecule has 2 heterocycles. The minimum Gasteiger partial charge on any atom is -0.504 e. The van der Waals surface area contributed by atoms with Crippen LogP contribution < -0.4 is 10.1 Å². The predicted molar refractivity (Wildman–Crippen MR) is 122 cm³/mol. The molecule has 1 amide bonds. The van der Waals surface area contributed by atoms with Gasteiger partial charge in [-0.2, -0.15) is 0 Å². The van der Waals surface area contributed by atoms with Crippen LogP contribution in [-0.2, 0) is 24.3 Å². The fourth-order valence-corrected chi connectivity index (χ4v) is 4.59. The number of amides is 1. The maximum absolute atomic E-state index is 12.4. The monoisotopic (exact) mass is 421 g/mol. The number of nitrogens with zero attached hydrogens (tertiary/aromatic N) is 2. The molecular formula is C25H31N3O3. The summed E-state index contributed by atoms with van der Waals surface area (Å²) in [5, 5.41) is 14.3. The van der Waals surface area contributed by atoms with E-state index in [0.717, 1.165) is 25.0 Å². The van der Waals surface area contributed by atoms with Gasteiger partial charge in [0, 0.05) is 42.3 Å². The maximum atomic E-state index is 12.4. The van der Waals surface area contributed by atoms with E-state index >= 15 is 0 Å². The van der Waals surface area contributed by atoms with Crippen LogP contribution in [0.4, 0.5) is 0 Å². The third-order valence-electron chi connectivity index (χ3n) is 6.12. The van der Waals surface area contributed by atoms with E-state index < -0.39 is 0 Å². The Morgan fingerprint density at radius 3 is 2.81 bits per heavy atom. The van der Waals surface area contributed by atoms with Gasteiger partial charge in [0.2, 0.25) is 5.91 Å². The van der Waals surface area contributed by atoms with E-state index in [4.69, 9.17) is 4.74 Å². The molecule has 0 saturated heterocycles. The van der Waals surface area contributed by atoms with Gasteiger partial charge in [-0.3, -0.25) is 9.69 Å². The van der Waals surface area contributed by atoms with Gasteiger partial charge in [0.05, 0.1) is 7.11 Å². The minimum absolute atomic E-state index is 0.0227. The lowest BCUT2D eigenvalue weighted by Gasteiger charge is -2.35. The number of ether oxygens (including phenoxy) is 1. The molecule has 0 bridgehead atoms. The number of nitrogens with one attached hydrogen (secondary N) is 1. The van der Waals surface area contributed by atoms with Crippen LogP contribution in [0.1, 0.15) is 43.5 Å². The molecule has 1 aromatic heterocycles. The predicted octanol–water partition coefficient (Wildman–Crippen LogP) is 4.00. The lowest BCUT2D eigenvalue weighted by molar-refractivity contribution is -0.122. The van der Waals surface area contributed by atoms with E-state index in [0.29, 0.717) is 12.3 Å². The van der Waals surface area contributed by atoms with Crippen molar-refractivity contribution in [2.24, 2.45) is 0 Å². The zero-order valence-corrected chi connectivity index (χ0v) is 18.7. The number of phenolic OH excluding ortho intramolecular Hbond substituents is 1. The van der Waals surface area contributed by atoms with E-state index in [2.05, 4.69) is 35.5 Å². The van der Waals surface area contributed by atoms with Crippen LogP contribution in [0, 0.1) is 0 Å². The molecule has 1 unspecified atom stereocenters. The Morgan fingerprint density at radius 2 is 2.06 bits per heavy atom. The van der Waals surface area contributed by atoms with Crippen LogP contribution >= 0.6 is 0 Å². The zero-order chi connectivity index (χ0) is 22.1. The molecule has 0 fully saturated rings. The normalized spacial score (nSPS) is 16.5. The first-order valence-corrected chi connectivity index (χ1v) is 10.9. The fraction of sp³-hybridized carbons (Fsp3) is 0.400. The van der Waals surface area contributed by atoms with Crippen LogP contribution in [0.25, 0.3) is 10.9 Å². The van der Waals surface area contributed by atoms with Crippen molar-refractivity contribution in [2.75, 3.05) is 13.7 Å². The molecule has 6 heteroatoms. The Morgan fingerprint density at radius 1 is 1.29 bits per heavy atom. The third-order valence-corrected chi connectivity index (χ3v) is 6.12.